The van der Waals surface area contributed by atoms with Crippen LogP contribution in [0, 0.1) is 52.6 Å². The molecule has 522 valence electrons. The van der Waals surface area contributed by atoms with Crippen LogP contribution in [-0.4, -0.2) is 124 Å². The van der Waals surface area contributed by atoms with E-state index in [1.807, 2.05) is 84.9 Å². The third-order valence-corrected chi connectivity index (χ3v) is 20.9. The lowest BCUT2D eigenvalue weighted by Gasteiger charge is -2.39. The van der Waals surface area contributed by atoms with Gasteiger partial charge >= 0.3 is 12.1 Å². The minimum absolute atomic E-state index is 0. The summed E-state index contributed by atoms with van der Waals surface area (Å²) in [5.41, 5.74) is 8.35. The van der Waals surface area contributed by atoms with Gasteiger partial charge in [-0.1, -0.05) is 91.9 Å². The highest BCUT2D eigenvalue weighted by molar-refractivity contribution is 6.42. The van der Waals surface area contributed by atoms with E-state index >= 15 is 0 Å². The molecule has 4 heterocycles. The molecule has 14 nitrogen and oxygen atoms in total. The zero-order valence-corrected chi connectivity index (χ0v) is 57.8. The normalized spacial score (nSPS) is 21.3. The van der Waals surface area contributed by atoms with Crippen molar-refractivity contribution in [2.75, 3.05) is 95.1 Å². The van der Waals surface area contributed by atoms with Crippen LogP contribution in [0.15, 0.2) is 133 Å². The molecule has 0 radical (unpaired) electrons. The number of piperidine rings is 3. The summed E-state index contributed by atoms with van der Waals surface area (Å²) in [5, 5.41) is 29.7. The summed E-state index contributed by atoms with van der Waals surface area (Å²) < 4.78 is 37.4. The van der Waals surface area contributed by atoms with Crippen LogP contribution in [0.1, 0.15) is 130 Å². The number of halogens is 4. The number of carbonyl (C=O) groups is 2. The number of hydrogen-bond acceptors (Lipinski definition) is 10. The molecule has 2 unspecified atom stereocenters. The van der Waals surface area contributed by atoms with Crippen LogP contribution < -0.4 is 41.4 Å². The molecule has 6 aliphatic rings. The molecule has 96 heavy (non-hydrogen) atoms. The number of urea groups is 2. The predicted molar refractivity (Wildman–Crippen MR) is 393 cm³/mol. The fourth-order valence-electron chi connectivity index (χ4n) is 14.9. The number of amides is 4. The fourth-order valence-corrected chi connectivity index (χ4v) is 15.3. The van der Waals surface area contributed by atoms with Gasteiger partial charge < -0.3 is 51.2 Å². The molecular formula is C78H108Cl2F2N10O4. The van der Waals surface area contributed by atoms with Gasteiger partial charge in [-0.05, 0) is 253 Å². The lowest BCUT2D eigenvalue weighted by atomic mass is 9.83. The Bertz CT molecular complexity index is 3460. The first-order valence-electron chi connectivity index (χ1n) is 35.3. The summed E-state index contributed by atoms with van der Waals surface area (Å²) in [6.07, 6.45) is 19.3. The first-order chi connectivity index (χ1) is 46.7. The van der Waals surface area contributed by atoms with E-state index in [1.165, 1.54) is 79.3 Å². The SMILES string of the molecule is COc1cccc(NC(=O)NC2CCCC(CN3CCC(Cc4ccc(F)cc4)CC3)C2)c1.C[C@@H](CNC1CCN(Cc2ccc(Cl)c(Cl)c2)CC1)COc1cccc(C#N)c1.O=C(Nc1ccc2c(c1)CCN2)N[C@@H]1CCCC[C@H]1CN1CCC[C@@H](Cc2ccc(F)cc2)C1.[HH].[HH].[HH].[HH]. The number of nitrogens with zero attached hydrogens (tertiary/aromatic N) is 4. The van der Waals surface area contributed by atoms with Crippen molar-refractivity contribution in [2.24, 2.45) is 29.6 Å². The minimum Gasteiger partial charge on any atom is -0.497 e. The Morgan fingerprint density at radius 1 is 0.635 bits per heavy atom. The second-order valence-corrected chi connectivity index (χ2v) is 28.6. The Hall–Kier alpha value is -6.97. The summed E-state index contributed by atoms with van der Waals surface area (Å²) in [7, 11) is 1.62. The second-order valence-electron chi connectivity index (χ2n) is 27.8. The molecule has 12 rings (SSSR count). The lowest BCUT2D eigenvalue weighted by molar-refractivity contribution is 0.123. The van der Waals surface area contributed by atoms with Gasteiger partial charge in [-0.25, -0.2) is 18.4 Å². The van der Waals surface area contributed by atoms with E-state index in [9.17, 15) is 18.4 Å². The first-order valence-corrected chi connectivity index (χ1v) is 36.1. The molecule has 5 fully saturated rings. The molecule has 0 spiro atoms. The lowest BCUT2D eigenvalue weighted by Crippen LogP contribution is -2.49. The molecule has 18 heteroatoms. The van der Waals surface area contributed by atoms with Crippen LogP contribution in [0.4, 0.5) is 35.4 Å². The number of nitrogens with one attached hydrogen (secondary N) is 6. The molecular weight excluding hydrogens is 1250 g/mol. The van der Waals surface area contributed by atoms with Crippen molar-refractivity contribution in [2.45, 2.75) is 141 Å². The quantitative estimate of drug-likeness (QED) is 0.0410. The molecule has 6 aromatic carbocycles. The Morgan fingerprint density at radius 3 is 2.05 bits per heavy atom. The van der Waals surface area contributed by atoms with E-state index < -0.39 is 0 Å². The van der Waals surface area contributed by atoms with Crippen LogP contribution >= 0.6 is 23.2 Å². The zero-order valence-electron chi connectivity index (χ0n) is 56.3. The van der Waals surface area contributed by atoms with Gasteiger partial charge in [0.2, 0.25) is 0 Å². The number of rotatable bonds is 21. The van der Waals surface area contributed by atoms with Crippen molar-refractivity contribution >= 4 is 52.3 Å². The predicted octanol–water partition coefficient (Wildman–Crippen LogP) is 17.0. The number of fused-ring (bicyclic) bond motifs is 1. The second kappa shape index (κ2) is 37.1. The van der Waals surface area contributed by atoms with Crippen LogP contribution in [0.2, 0.25) is 10.0 Å². The van der Waals surface area contributed by atoms with Crippen LogP contribution in [0.5, 0.6) is 11.5 Å². The van der Waals surface area contributed by atoms with Crippen molar-refractivity contribution in [3.63, 3.8) is 0 Å². The third kappa shape index (κ3) is 23.4. The third-order valence-electron chi connectivity index (χ3n) is 20.2. The highest BCUT2D eigenvalue weighted by Crippen LogP contribution is 2.32. The zero-order chi connectivity index (χ0) is 67.0. The highest BCUT2D eigenvalue weighted by atomic mass is 35.5. The summed E-state index contributed by atoms with van der Waals surface area (Å²) in [6, 6.07) is 43.6. The van der Waals surface area contributed by atoms with Crippen molar-refractivity contribution in [3.8, 4) is 17.6 Å². The average Bonchev–Trinajstić information content (AvgIpc) is 1.32. The summed E-state index contributed by atoms with van der Waals surface area (Å²) in [5.74, 6) is 3.99. The van der Waals surface area contributed by atoms with Crippen LogP contribution in [0.25, 0.3) is 0 Å². The molecule has 2 saturated carbocycles. The molecule has 3 saturated heterocycles. The number of hydrogen-bond donors (Lipinski definition) is 6. The Balaban J connectivity index is 0.000000232. The van der Waals surface area contributed by atoms with Crippen molar-refractivity contribution in [1.29, 1.82) is 5.26 Å². The summed E-state index contributed by atoms with van der Waals surface area (Å²) in [6.45, 7) is 14.4. The molecule has 6 N–H and O–H groups in total. The summed E-state index contributed by atoms with van der Waals surface area (Å²) >= 11 is 12.1. The summed E-state index contributed by atoms with van der Waals surface area (Å²) in [4.78, 5) is 33.0. The van der Waals surface area contributed by atoms with Crippen molar-refractivity contribution < 1.29 is 33.6 Å². The van der Waals surface area contributed by atoms with Crippen molar-refractivity contribution in [3.05, 3.63) is 183 Å². The monoisotopic (exact) mass is 1360 g/mol. The maximum Gasteiger partial charge on any atom is 0.319 e. The molecule has 0 aromatic heterocycles. The minimum atomic E-state index is -0.165. The molecule has 0 bridgehead atoms. The number of likely N-dealkylation sites (tertiary alicyclic amines) is 3. The molecule has 4 amide bonds. The maximum absolute atomic E-state index is 13.2. The van der Waals surface area contributed by atoms with E-state index in [-0.39, 0.29) is 41.5 Å². The number of carbonyl (C=O) groups excluding carboxylic acids is 2. The van der Waals surface area contributed by atoms with Crippen molar-refractivity contribution in [1.82, 2.24) is 30.7 Å². The van der Waals surface area contributed by atoms with E-state index in [0.717, 1.165) is 153 Å². The first kappa shape index (κ1) is 71.8. The molecule has 6 aromatic rings. The number of methoxy groups -OCH3 is 1. The number of nitriles is 1. The number of ether oxygens (including phenoxy) is 2. The van der Waals surface area contributed by atoms with Gasteiger partial charge in [0.1, 0.15) is 23.1 Å². The molecule has 2 aliphatic carbocycles. The Morgan fingerprint density at radius 2 is 1.31 bits per heavy atom. The van der Waals surface area contributed by atoms with Gasteiger partial charge in [-0.3, -0.25) is 4.90 Å². The van der Waals surface area contributed by atoms with Gasteiger partial charge in [-0.15, -0.1) is 0 Å². The van der Waals surface area contributed by atoms with Gasteiger partial charge in [0.15, 0.2) is 0 Å². The smallest absolute Gasteiger partial charge is 0.319 e. The largest absolute Gasteiger partial charge is 0.497 e. The standard InChI is InChI=1S/C28H37FN4O.C27H36FN3O2.C23H27Cl2N3O.4H2/c29-24-9-7-20(8-10-24)16-21-4-3-15-33(18-21)19-23-5-1-2-6-27(23)32-28(34)31-25-11-12-26-22(17-25)13-14-30-26;1-33-26-7-3-6-25(18-26)30-27(32)29-24-5-2-4-22(17-24)19-31-14-12-21(13-15-31)16-20-8-10-23(28)11-9-20;1-17(16-29-21-4-2-3-18(11-21)13-26)14-27-20-7-9-28(10-8-20)15-19-5-6-22(24)23(25)12-19;;;;/h7-12,17,21,23,27,30H,1-6,13-16,18-19H2,(H2,31,32,34);3,6-11,18,21-22,24H,2,4-5,12-17,19H2,1H3,(H2,29,30,32);2-6,11-12,17,20,27H,7-10,14-16H2,1H3;4*1H/t21-,23-,27+;;17-;;;;/m0.0..../s1. The molecule has 6 atom stereocenters. The highest BCUT2D eigenvalue weighted by Gasteiger charge is 2.32. The van der Waals surface area contributed by atoms with Gasteiger partial charge in [0.05, 0.1) is 35.4 Å². The van der Waals surface area contributed by atoms with Crippen LogP contribution in [0.3, 0.4) is 0 Å². The average molecular weight is 1360 g/mol. The Kier molecular flexibility index (Phi) is 27.8. The van der Waals surface area contributed by atoms with Gasteiger partial charge in [0, 0.05) is 92.1 Å². The van der Waals surface area contributed by atoms with E-state index in [0.29, 0.717) is 57.8 Å². The van der Waals surface area contributed by atoms with E-state index in [2.05, 4.69) is 71.7 Å². The van der Waals surface area contributed by atoms with E-state index in [4.69, 9.17) is 37.9 Å². The Labute approximate surface area is 584 Å². The fraction of sp³-hybridized carbons (Fsp3) is 0.500. The van der Waals surface area contributed by atoms with Crippen LogP contribution in [-0.2, 0) is 25.8 Å². The van der Waals surface area contributed by atoms with Gasteiger partial charge in [0.25, 0.3) is 0 Å². The number of anilines is 3. The molecule has 4 aliphatic heterocycles. The van der Waals surface area contributed by atoms with E-state index in [1.54, 1.807) is 43.5 Å². The number of benzene rings is 6. The maximum atomic E-state index is 13.2. The van der Waals surface area contributed by atoms with Gasteiger partial charge in [-0.2, -0.15) is 5.26 Å². The topological polar surface area (TPSA) is 158 Å².